The van der Waals surface area contributed by atoms with Gasteiger partial charge < -0.3 is 9.64 Å². The molecule has 162 valence electrons. The predicted octanol–water partition coefficient (Wildman–Crippen LogP) is 0.623. The van der Waals surface area contributed by atoms with Crippen molar-refractivity contribution in [2.75, 3.05) is 52.5 Å². The van der Waals surface area contributed by atoms with Crippen LogP contribution in [0.15, 0.2) is 30.3 Å². The molecule has 29 heavy (non-hydrogen) atoms. The van der Waals surface area contributed by atoms with Crippen molar-refractivity contribution < 1.29 is 17.9 Å². The highest BCUT2D eigenvalue weighted by Gasteiger charge is 2.37. The molecule has 0 radical (unpaired) electrons. The Morgan fingerprint density at radius 1 is 0.931 bits per heavy atom. The van der Waals surface area contributed by atoms with Crippen molar-refractivity contribution in [3.63, 3.8) is 0 Å². The van der Waals surface area contributed by atoms with Gasteiger partial charge in [0.15, 0.2) is 0 Å². The standard InChI is InChI=1S/C19H28N4O4S.ClH/c24-19(18-7-6-17(20-18)16-4-2-1-3-5-16)21-8-10-22(11-9-21)28(25,26)23-12-14-27-15-13-23;/h1-5,17-18,20H,6-15H2;1H/t17-,18-;/m1./s1. The fraction of sp³-hybridized carbons (Fsp3) is 0.632. The van der Waals surface area contributed by atoms with Gasteiger partial charge in [0.25, 0.3) is 10.2 Å². The minimum atomic E-state index is -3.46. The minimum absolute atomic E-state index is 0. The third kappa shape index (κ3) is 4.92. The van der Waals surface area contributed by atoms with Crippen molar-refractivity contribution in [3.05, 3.63) is 35.9 Å². The summed E-state index contributed by atoms with van der Waals surface area (Å²) in [6.45, 7) is 3.25. The van der Waals surface area contributed by atoms with Crippen LogP contribution >= 0.6 is 12.4 Å². The molecule has 1 aromatic carbocycles. The molecule has 1 N–H and O–H groups in total. The zero-order chi connectivity index (χ0) is 19.6. The Kier molecular flexibility index (Phi) is 7.53. The van der Waals surface area contributed by atoms with Crippen LogP contribution in [0.3, 0.4) is 0 Å². The van der Waals surface area contributed by atoms with Crippen LogP contribution in [-0.2, 0) is 19.7 Å². The summed E-state index contributed by atoms with van der Waals surface area (Å²) in [5.74, 6) is 0.0850. The monoisotopic (exact) mass is 444 g/mol. The maximum absolute atomic E-state index is 12.9. The largest absolute Gasteiger partial charge is 0.379 e. The summed E-state index contributed by atoms with van der Waals surface area (Å²) in [7, 11) is -3.46. The van der Waals surface area contributed by atoms with Gasteiger partial charge in [-0.1, -0.05) is 30.3 Å². The van der Waals surface area contributed by atoms with Gasteiger partial charge in [-0.3, -0.25) is 10.1 Å². The summed E-state index contributed by atoms with van der Waals surface area (Å²) in [6, 6.07) is 10.2. The number of halogens is 1. The molecule has 3 saturated heterocycles. The van der Waals surface area contributed by atoms with Gasteiger partial charge in [-0.15, -0.1) is 12.4 Å². The minimum Gasteiger partial charge on any atom is -0.379 e. The first-order chi connectivity index (χ1) is 13.6. The van der Waals surface area contributed by atoms with Crippen molar-refractivity contribution in [2.24, 2.45) is 0 Å². The lowest BCUT2D eigenvalue weighted by molar-refractivity contribution is -0.134. The Bertz CT molecular complexity index is 781. The zero-order valence-electron chi connectivity index (χ0n) is 16.4. The second-order valence-electron chi connectivity index (χ2n) is 7.50. The van der Waals surface area contributed by atoms with E-state index in [1.54, 1.807) is 4.90 Å². The van der Waals surface area contributed by atoms with Crippen molar-refractivity contribution in [2.45, 2.75) is 24.9 Å². The fourth-order valence-electron chi connectivity index (χ4n) is 4.19. The molecule has 2 atom stereocenters. The first-order valence-electron chi connectivity index (χ1n) is 9.98. The summed E-state index contributed by atoms with van der Waals surface area (Å²) in [4.78, 5) is 14.7. The number of piperazine rings is 1. The number of rotatable bonds is 4. The molecular formula is C19H29ClN4O4S. The van der Waals surface area contributed by atoms with Gasteiger partial charge in [-0.2, -0.15) is 17.0 Å². The van der Waals surface area contributed by atoms with E-state index in [0.717, 1.165) is 12.8 Å². The molecule has 3 aliphatic rings. The maximum Gasteiger partial charge on any atom is 0.282 e. The van der Waals surface area contributed by atoms with Crippen molar-refractivity contribution in [3.8, 4) is 0 Å². The van der Waals surface area contributed by atoms with E-state index < -0.39 is 10.2 Å². The van der Waals surface area contributed by atoms with Gasteiger partial charge in [0.05, 0.1) is 19.3 Å². The van der Waals surface area contributed by atoms with Crippen LogP contribution in [0.5, 0.6) is 0 Å². The lowest BCUT2D eigenvalue weighted by atomic mass is 10.1. The molecule has 4 rings (SSSR count). The third-order valence-corrected chi connectivity index (χ3v) is 7.85. The molecule has 3 aliphatic heterocycles. The molecule has 1 amide bonds. The van der Waals surface area contributed by atoms with Gasteiger partial charge in [0.2, 0.25) is 5.91 Å². The number of amides is 1. The molecule has 0 aliphatic carbocycles. The first kappa shape index (κ1) is 22.5. The SMILES string of the molecule is Cl.O=C([C@H]1CC[C@H](c2ccccc2)N1)N1CCN(S(=O)(=O)N2CCOCC2)CC1. The van der Waals surface area contributed by atoms with E-state index in [0.29, 0.717) is 52.5 Å². The summed E-state index contributed by atoms with van der Waals surface area (Å²) >= 11 is 0. The Balaban J connectivity index is 0.00000240. The summed E-state index contributed by atoms with van der Waals surface area (Å²) in [5, 5.41) is 3.45. The molecule has 8 nitrogen and oxygen atoms in total. The molecule has 0 aromatic heterocycles. The highest BCUT2D eigenvalue weighted by molar-refractivity contribution is 7.86. The van der Waals surface area contributed by atoms with Crippen LogP contribution in [0.2, 0.25) is 0 Å². The Morgan fingerprint density at radius 2 is 1.55 bits per heavy atom. The normalized spacial score (nSPS) is 26.8. The van der Waals surface area contributed by atoms with Crippen LogP contribution in [0.25, 0.3) is 0 Å². The number of benzene rings is 1. The number of hydrogen-bond acceptors (Lipinski definition) is 5. The average molecular weight is 445 g/mol. The summed E-state index contributed by atoms with van der Waals surface area (Å²) in [6.07, 6.45) is 1.75. The van der Waals surface area contributed by atoms with Crippen LogP contribution in [0.1, 0.15) is 24.4 Å². The van der Waals surface area contributed by atoms with E-state index in [1.165, 1.54) is 14.2 Å². The number of morpholine rings is 1. The van der Waals surface area contributed by atoms with Gasteiger partial charge in [-0.25, -0.2) is 0 Å². The van der Waals surface area contributed by atoms with Crippen LogP contribution < -0.4 is 5.32 Å². The number of hydrogen-bond donors (Lipinski definition) is 1. The van der Waals surface area contributed by atoms with E-state index in [2.05, 4.69) is 17.4 Å². The number of ether oxygens (including phenoxy) is 1. The van der Waals surface area contributed by atoms with Crippen molar-refractivity contribution >= 4 is 28.5 Å². The van der Waals surface area contributed by atoms with Crippen LogP contribution in [-0.4, -0.2) is 86.4 Å². The van der Waals surface area contributed by atoms with E-state index in [-0.39, 0.29) is 30.4 Å². The molecule has 3 fully saturated rings. The van der Waals surface area contributed by atoms with E-state index in [4.69, 9.17) is 4.74 Å². The summed E-state index contributed by atoms with van der Waals surface area (Å²) in [5.41, 5.74) is 1.21. The van der Waals surface area contributed by atoms with Gasteiger partial charge in [0.1, 0.15) is 0 Å². The third-order valence-electron chi connectivity index (χ3n) is 5.82. The number of carbonyl (C=O) groups excluding carboxylic acids is 1. The van der Waals surface area contributed by atoms with E-state index in [1.807, 2.05) is 18.2 Å². The second kappa shape index (κ2) is 9.72. The highest BCUT2D eigenvalue weighted by atomic mass is 35.5. The van der Waals surface area contributed by atoms with E-state index in [9.17, 15) is 13.2 Å². The first-order valence-corrected chi connectivity index (χ1v) is 11.4. The topological polar surface area (TPSA) is 82.2 Å². The molecule has 0 unspecified atom stereocenters. The molecule has 1 aromatic rings. The number of nitrogens with one attached hydrogen (secondary N) is 1. The Hall–Kier alpha value is -1.23. The second-order valence-corrected chi connectivity index (χ2v) is 9.43. The van der Waals surface area contributed by atoms with Gasteiger partial charge in [-0.05, 0) is 18.4 Å². The van der Waals surface area contributed by atoms with Crippen molar-refractivity contribution in [1.29, 1.82) is 0 Å². The van der Waals surface area contributed by atoms with Crippen LogP contribution in [0.4, 0.5) is 0 Å². The van der Waals surface area contributed by atoms with Crippen LogP contribution in [0, 0.1) is 0 Å². The highest BCUT2D eigenvalue weighted by Crippen LogP contribution is 2.27. The Labute approximate surface area is 178 Å². The molecule has 0 spiro atoms. The average Bonchev–Trinajstić information content (AvgIpc) is 3.25. The molecule has 0 saturated carbocycles. The lowest BCUT2D eigenvalue weighted by Gasteiger charge is -2.38. The molecular weight excluding hydrogens is 416 g/mol. The molecule has 10 heteroatoms. The Morgan fingerprint density at radius 3 is 2.21 bits per heavy atom. The van der Waals surface area contributed by atoms with E-state index >= 15 is 0 Å². The zero-order valence-corrected chi connectivity index (χ0v) is 18.0. The lowest BCUT2D eigenvalue weighted by Crippen LogP contribution is -2.57. The molecule has 0 bridgehead atoms. The quantitative estimate of drug-likeness (QED) is 0.736. The number of nitrogens with zero attached hydrogens (tertiary/aromatic N) is 3. The van der Waals surface area contributed by atoms with Crippen molar-refractivity contribution in [1.82, 2.24) is 18.8 Å². The maximum atomic E-state index is 12.9. The predicted molar refractivity (Wildman–Crippen MR) is 112 cm³/mol. The van der Waals surface area contributed by atoms with Gasteiger partial charge >= 0.3 is 0 Å². The molecule has 3 heterocycles. The summed E-state index contributed by atoms with van der Waals surface area (Å²) < 4.78 is 33.7. The smallest absolute Gasteiger partial charge is 0.282 e. The number of carbonyl (C=O) groups is 1. The fourth-order valence-corrected chi connectivity index (χ4v) is 5.75. The van der Waals surface area contributed by atoms with Gasteiger partial charge in [0, 0.05) is 45.3 Å².